The lowest BCUT2D eigenvalue weighted by Crippen LogP contribution is -2.30. The number of pyridine rings is 1. The summed E-state index contributed by atoms with van der Waals surface area (Å²) in [6.07, 6.45) is 0.391. The number of ketones is 1. The van der Waals surface area contributed by atoms with Crippen molar-refractivity contribution >= 4 is 17.7 Å². The van der Waals surface area contributed by atoms with Crippen LogP contribution in [0.4, 0.5) is 4.39 Å². The molecule has 0 saturated heterocycles. The molecular formula is C28H36FNO8. The molecular weight excluding hydrogens is 497 g/mol. The number of hydrogen-bond donors (Lipinski definition) is 0. The number of nitrogens with zero attached hydrogens (tertiary/aromatic N) is 1. The first kappa shape index (κ1) is 30.7. The van der Waals surface area contributed by atoms with E-state index in [1.165, 1.54) is 39.7 Å². The molecule has 0 radical (unpaired) electrons. The van der Waals surface area contributed by atoms with E-state index in [0.29, 0.717) is 11.3 Å². The average molecular weight is 534 g/mol. The van der Waals surface area contributed by atoms with E-state index in [1.807, 2.05) is 13.8 Å². The summed E-state index contributed by atoms with van der Waals surface area (Å²) < 4.78 is 41.0. The molecule has 1 heterocycles. The van der Waals surface area contributed by atoms with Crippen molar-refractivity contribution in [1.29, 1.82) is 0 Å². The molecule has 0 aliphatic rings. The van der Waals surface area contributed by atoms with Gasteiger partial charge in [0.05, 0.1) is 33.2 Å². The van der Waals surface area contributed by atoms with E-state index in [2.05, 4.69) is 4.98 Å². The largest absolute Gasteiger partial charge is 0.497 e. The Balaban J connectivity index is 2.16. The van der Waals surface area contributed by atoms with Gasteiger partial charge in [0.15, 0.2) is 17.2 Å². The van der Waals surface area contributed by atoms with Crippen LogP contribution >= 0.6 is 0 Å². The minimum atomic E-state index is -0.844. The van der Waals surface area contributed by atoms with Crippen molar-refractivity contribution in [2.24, 2.45) is 11.8 Å². The maximum Gasteiger partial charge on any atom is 0.313 e. The Kier molecular flexibility index (Phi) is 11.6. The first-order chi connectivity index (χ1) is 18.0. The molecule has 0 spiro atoms. The van der Waals surface area contributed by atoms with Gasteiger partial charge >= 0.3 is 11.9 Å². The lowest BCUT2D eigenvalue weighted by atomic mass is 9.84. The number of aromatic nitrogens is 1. The van der Waals surface area contributed by atoms with Gasteiger partial charge in [-0.3, -0.25) is 14.4 Å². The molecule has 1 aromatic carbocycles. The number of esters is 2. The average Bonchev–Trinajstić information content (AvgIpc) is 2.88. The van der Waals surface area contributed by atoms with E-state index in [4.69, 9.17) is 23.7 Å². The van der Waals surface area contributed by atoms with Crippen LogP contribution in [0.2, 0.25) is 0 Å². The third-order valence-electron chi connectivity index (χ3n) is 6.07. The molecule has 9 nitrogen and oxygen atoms in total. The van der Waals surface area contributed by atoms with E-state index >= 15 is 0 Å². The molecule has 0 unspecified atom stereocenters. The van der Waals surface area contributed by atoms with Gasteiger partial charge in [-0.25, -0.2) is 9.37 Å². The number of benzene rings is 1. The van der Waals surface area contributed by atoms with Crippen molar-refractivity contribution in [2.45, 2.75) is 52.6 Å². The summed E-state index contributed by atoms with van der Waals surface area (Å²) in [6, 6.07) is 6.03. The van der Waals surface area contributed by atoms with Crippen molar-refractivity contribution in [2.75, 3.05) is 27.9 Å². The molecule has 0 aliphatic carbocycles. The standard InChI is InChI=1S/C28H36FNO8/c1-16(2)25(20-9-8-19(35-6)15-21(20)29)18(4)37-28(33)17(3)14-22(31)26-27(23(36-7)10-12-30-26)38-24(32)11-13-34-5/h8-10,12,15-18,25H,11,13-14H2,1-7H3/t17-,18+,25-/m1/s1. The first-order valence-corrected chi connectivity index (χ1v) is 12.3. The molecule has 0 fully saturated rings. The van der Waals surface area contributed by atoms with Gasteiger partial charge in [0.25, 0.3) is 0 Å². The second-order valence-electron chi connectivity index (χ2n) is 9.24. The minimum absolute atomic E-state index is 0.0331. The van der Waals surface area contributed by atoms with Crippen molar-refractivity contribution in [3.8, 4) is 17.2 Å². The van der Waals surface area contributed by atoms with Crippen LogP contribution in [0.3, 0.4) is 0 Å². The van der Waals surface area contributed by atoms with E-state index in [9.17, 15) is 18.8 Å². The number of rotatable bonds is 14. The number of hydrogen-bond acceptors (Lipinski definition) is 9. The first-order valence-electron chi connectivity index (χ1n) is 12.3. The smallest absolute Gasteiger partial charge is 0.313 e. The predicted molar refractivity (Wildman–Crippen MR) is 137 cm³/mol. The normalized spacial score (nSPS) is 13.4. The third kappa shape index (κ3) is 7.98. The van der Waals surface area contributed by atoms with Gasteiger partial charge in [-0.05, 0) is 24.5 Å². The zero-order chi connectivity index (χ0) is 28.4. The zero-order valence-corrected chi connectivity index (χ0v) is 22.9. The molecule has 2 aromatic rings. The molecule has 1 aromatic heterocycles. The molecule has 208 valence electrons. The lowest BCUT2D eigenvalue weighted by Gasteiger charge is -2.29. The lowest BCUT2D eigenvalue weighted by molar-refractivity contribution is -0.154. The molecule has 3 atom stereocenters. The van der Waals surface area contributed by atoms with Crippen LogP contribution < -0.4 is 14.2 Å². The van der Waals surface area contributed by atoms with Gasteiger partial charge in [0.2, 0.25) is 5.75 Å². The Bertz CT molecular complexity index is 1120. The van der Waals surface area contributed by atoms with Gasteiger partial charge in [-0.1, -0.05) is 26.8 Å². The van der Waals surface area contributed by atoms with E-state index < -0.39 is 41.5 Å². The number of methoxy groups -OCH3 is 3. The maximum atomic E-state index is 14.8. The van der Waals surface area contributed by atoms with Crippen LogP contribution in [-0.2, 0) is 19.1 Å². The fraction of sp³-hybridized carbons (Fsp3) is 0.500. The summed E-state index contributed by atoms with van der Waals surface area (Å²) in [6.45, 7) is 7.21. The van der Waals surface area contributed by atoms with Gasteiger partial charge in [-0.2, -0.15) is 0 Å². The molecule has 0 amide bonds. The van der Waals surface area contributed by atoms with Gasteiger partial charge in [0, 0.05) is 37.8 Å². The van der Waals surface area contributed by atoms with Crippen molar-refractivity contribution in [3.05, 3.63) is 47.5 Å². The highest BCUT2D eigenvalue weighted by atomic mass is 19.1. The zero-order valence-electron chi connectivity index (χ0n) is 22.9. The highest BCUT2D eigenvalue weighted by Gasteiger charge is 2.31. The number of carbonyl (C=O) groups excluding carboxylic acids is 3. The molecule has 0 N–H and O–H groups in total. The fourth-order valence-corrected chi connectivity index (χ4v) is 4.13. The van der Waals surface area contributed by atoms with E-state index in [-0.39, 0.29) is 42.6 Å². The second-order valence-corrected chi connectivity index (χ2v) is 9.24. The Hall–Kier alpha value is -3.53. The molecule has 10 heteroatoms. The fourth-order valence-electron chi connectivity index (χ4n) is 4.13. The number of ether oxygens (including phenoxy) is 5. The molecule has 0 aliphatic heterocycles. The SMILES string of the molecule is COCCC(=O)Oc1c(OC)ccnc1C(=O)C[C@@H](C)C(=O)O[C@@H](C)[C@H](c1ccc(OC)cc1F)C(C)C. The van der Waals surface area contributed by atoms with E-state index in [0.717, 1.165) is 0 Å². The summed E-state index contributed by atoms with van der Waals surface area (Å²) in [5.41, 5.74) is 0.272. The van der Waals surface area contributed by atoms with Crippen LogP contribution in [-0.4, -0.2) is 56.7 Å². The number of carbonyl (C=O) groups is 3. The van der Waals surface area contributed by atoms with Gasteiger partial charge in [-0.15, -0.1) is 0 Å². The summed E-state index contributed by atoms with van der Waals surface area (Å²) in [7, 11) is 4.27. The van der Waals surface area contributed by atoms with Crippen molar-refractivity contribution < 1.29 is 42.5 Å². The van der Waals surface area contributed by atoms with E-state index in [1.54, 1.807) is 26.0 Å². The monoisotopic (exact) mass is 533 g/mol. The summed E-state index contributed by atoms with van der Waals surface area (Å²) in [5.74, 6) is -3.12. The van der Waals surface area contributed by atoms with Crippen LogP contribution in [0.15, 0.2) is 30.5 Å². The quantitative estimate of drug-likeness (QED) is 0.251. The molecule has 38 heavy (non-hydrogen) atoms. The Morgan fingerprint density at radius 2 is 1.71 bits per heavy atom. The number of Topliss-reactive ketones (excluding diaryl/α,β-unsaturated/α-hetero) is 1. The predicted octanol–water partition coefficient (Wildman–Crippen LogP) is 4.76. The van der Waals surface area contributed by atoms with Crippen LogP contribution in [0, 0.1) is 17.7 Å². The Labute approximate surface area is 222 Å². The number of halogens is 1. The van der Waals surface area contributed by atoms with Crippen LogP contribution in [0.5, 0.6) is 17.2 Å². The maximum absolute atomic E-state index is 14.8. The summed E-state index contributed by atoms with van der Waals surface area (Å²) >= 11 is 0. The minimum Gasteiger partial charge on any atom is -0.497 e. The highest BCUT2D eigenvalue weighted by Crippen LogP contribution is 2.34. The topological polar surface area (TPSA) is 110 Å². The van der Waals surface area contributed by atoms with Crippen molar-refractivity contribution in [3.63, 3.8) is 0 Å². The molecule has 2 rings (SSSR count). The molecule has 0 bridgehead atoms. The van der Waals surface area contributed by atoms with Crippen LogP contribution in [0.1, 0.15) is 62.5 Å². The Morgan fingerprint density at radius 1 is 1.00 bits per heavy atom. The van der Waals surface area contributed by atoms with Gasteiger partial charge in [0.1, 0.15) is 17.7 Å². The second kappa shape index (κ2) is 14.4. The third-order valence-corrected chi connectivity index (χ3v) is 6.07. The summed E-state index contributed by atoms with van der Waals surface area (Å²) in [5, 5.41) is 0. The highest BCUT2D eigenvalue weighted by molar-refractivity contribution is 6.00. The van der Waals surface area contributed by atoms with Gasteiger partial charge < -0.3 is 23.7 Å². The van der Waals surface area contributed by atoms with Crippen LogP contribution in [0.25, 0.3) is 0 Å². The molecule has 0 saturated carbocycles. The van der Waals surface area contributed by atoms with Crippen molar-refractivity contribution in [1.82, 2.24) is 4.98 Å². The Morgan fingerprint density at radius 3 is 2.29 bits per heavy atom. The summed E-state index contributed by atoms with van der Waals surface area (Å²) in [4.78, 5) is 42.3.